The van der Waals surface area contributed by atoms with E-state index in [0.29, 0.717) is 13.1 Å². The molecule has 0 aromatic heterocycles. The van der Waals surface area contributed by atoms with Crippen LogP contribution in [0.15, 0.2) is 73.1 Å². The number of aryl methyl sites for hydroxylation is 2. The molecule has 34 heavy (non-hydrogen) atoms. The fraction of sp³-hybridized carbons (Fsp3) is 0.452. The summed E-state index contributed by atoms with van der Waals surface area (Å²) in [6, 6.07) is 16.4. The van der Waals surface area contributed by atoms with Crippen LogP contribution in [0.2, 0.25) is 0 Å². The van der Waals surface area contributed by atoms with Crippen molar-refractivity contribution in [3.63, 3.8) is 0 Å². The number of nitrogens with one attached hydrogen (secondary N) is 2. The molecular formula is C31H46N2O. The lowest BCUT2D eigenvalue weighted by molar-refractivity contribution is 0.101. The molecule has 0 spiro atoms. The van der Waals surface area contributed by atoms with Gasteiger partial charge in [0, 0.05) is 23.5 Å². The highest BCUT2D eigenvalue weighted by Crippen LogP contribution is 2.10. The van der Waals surface area contributed by atoms with Gasteiger partial charge in [-0.2, -0.15) is 0 Å². The fourth-order valence-electron chi connectivity index (χ4n) is 3.38. The summed E-state index contributed by atoms with van der Waals surface area (Å²) in [6.07, 6.45) is 9.97. The zero-order valence-corrected chi connectivity index (χ0v) is 22.0. The lowest BCUT2D eigenvalue weighted by atomic mass is 10.1. The summed E-state index contributed by atoms with van der Waals surface area (Å²) in [5.74, 6) is 0.0861. The maximum atomic E-state index is 11.3. The van der Waals surface area contributed by atoms with Crippen LogP contribution in [0.4, 0.5) is 0 Å². The number of Topliss-reactive ketones (excluding diaryl/α,β-unsaturated/α-hetero) is 1. The van der Waals surface area contributed by atoms with E-state index in [-0.39, 0.29) is 5.78 Å². The number of allylic oxidation sites excluding steroid dienone is 1. The Morgan fingerprint density at radius 1 is 0.735 bits per heavy atom. The molecule has 0 heterocycles. The van der Waals surface area contributed by atoms with E-state index in [2.05, 4.69) is 68.8 Å². The third kappa shape index (κ3) is 13.0. The minimum atomic E-state index is 0.0861. The highest BCUT2D eigenvalue weighted by atomic mass is 16.1. The van der Waals surface area contributed by atoms with Gasteiger partial charge in [0.1, 0.15) is 0 Å². The molecular weight excluding hydrogens is 416 g/mol. The number of hydrogen-bond donors (Lipinski definition) is 2. The predicted octanol–water partition coefficient (Wildman–Crippen LogP) is 7.77. The first-order valence-electron chi connectivity index (χ1n) is 12.9. The van der Waals surface area contributed by atoms with E-state index in [9.17, 15) is 4.79 Å². The molecule has 0 unspecified atom stereocenters. The number of rotatable bonds is 15. The Kier molecular flexibility index (Phi) is 15.2. The van der Waals surface area contributed by atoms with Crippen molar-refractivity contribution in [1.29, 1.82) is 0 Å². The quantitative estimate of drug-likeness (QED) is 0.210. The van der Waals surface area contributed by atoms with E-state index in [0.717, 1.165) is 41.8 Å². The third-order valence-corrected chi connectivity index (χ3v) is 5.81. The fourth-order valence-corrected chi connectivity index (χ4v) is 3.38. The molecule has 0 aliphatic rings. The Labute approximate surface area is 208 Å². The molecule has 0 amide bonds. The largest absolute Gasteiger partial charge is 0.383 e. The van der Waals surface area contributed by atoms with Crippen molar-refractivity contribution in [2.24, 2.45) is 0 Å². The summed E-state index contributed by atoms with van der Waals surface area (Å²) in [5.41, 5.74) is 6.49. The van der Waals surface area contributed by atoms with Gasteiger partial charge in [-0.25, -0.2) is 0 Å². The average Bonchev–Trinajstić information content (AvgIpc) is 2.86. The molecule has 3 nitrogen and oxygen atoms in total. The molecule has 2 aromatic carbocycles. The van der Waals surface area contributed by atoms with Gasteiger partial charge in [-0.15, -0.1) is 0 Å². The number of benzene rings is 2. The Morgan fingerprint density at radius 3 is 1.82 bits per heavy atom. The monoisotopic (exact) mass is 462 g/mol. The average molecular weight is 463 g/mol. The summed E-state index contributed by atoms with van der Waals surface area (Å²) >= 11 is 0. The normalized spacial score (nSPS) is 10.1. The molecule has 2 aromatic rings. The highest BCUT2D eigenvalue weighted by molar-refractivity contribution is 5.93. The Balaban J connectivity index is 0.000000718. The summed E-state index contributed by atoms with van der Waals surface area (Å²) < 4.78 is 0. The molecule has 0 fully saturated rings. The van der Waals surface area contributed by atoms with Crippen LogP contribution in [0.3, 0.4) is 0 Å². The van der Waals surface area contributed by atoms with Crippen LogP contribution in [-0.4, -0.2) is 12.3 Å². The first kappa shape index (κ1) is 29.2. The van der Waals surface area contributed by atoms with Crippen LogP contribution in [0, 0.1) is 0 Å². The van der Waals surface area contributed by atoms with Crippen LogP contribution >= 0.6 is 0 Å². The molecule has 0 aliphatic carbocycles. The van der Waals surface area contributed by atoms with Gasteiger partial charge >= 0.3 is 0 Å². The Bertz CT molecular complexity index is 846. The van der Waals surface area contributed by atoms with Gasteiger partial charge < -0.3 is 10.6 Å². The number of carbonyl (C=O) groups excluding carboxylic acids is 1. The van der Waals surface area contributed by atoms with Gasteiger partial charge in [-0.1, -0.05) is 115 Å². The number of hydrogen-bond acceptors (Lipinski definition) is 3. The van der Waals surface area contributed by atoms with Crippen molar-refractivity contribution in [1.82, 2.24) is 10.6 Å². The smallest absolute Gasteiger partial charge is 0.159 e. The molecule has 0 radical (unpaired) electrons. The van der Waals surface area contributed by atoms with Crippen molar-refractivity contribution in [2.45, 2.75) is 85.6 Å². The lowest BCUT2D eigenvalue weighted by Crippen LogP contribution is -2.24. The molecule has 2 N–H and O–H groups in total. The van der Waals surface area contributed by atoms with Gasteiger partial charge in [-0.3, -0.25) is 4.79 Å². The van der Waals surface area contributed by atoms with Crippen LogP contribution in [0.25, 0.3) is 0 Å². The highest BCUT2D eigenvalue weighted by Gasteiger charge is 2.01. The van der Waals surface area contributed by atoms with Crippen molar-refractivity contribution < 1.29 is 4.79 Å². The summed E-state index contributed by atoms with van der Waals surface area (Å²) in [6.45, 7) is 17.7. The van der Waals surface area contributed by atoms with Crippen molar-refractivity contribution in [3.05, 3.63) is 95.3 Å². The van der Waals surface area contributed by atoms with E-state index in [1.165, 1.54) is 43.2 Å². The zero-order valence-electron chi connectivity index (χ0n) is 22.0. The van der Waals surface area contributed by atoms with Gasteiger partial charge in [0.05, 0.1) is 6.54 Å². The van der Waals surface area contributed by atoms with E-state index in [4.69, 9.17) is 0 Å². The van der Waals surface area contributed by atoms with Crippen LogP contribution < -0.4 is 10.6 Å². The molecule has 2 rings (SSSR count). The first-order valence-corrected chi connectivity index (χ1v) is 12.9. The van der Waals surface area contributed by atoms with E-state index < -0.39 is 0 Å². The van der Waals surface area contributed by atoms with Crippen LogP contribution in [-0.2, 0) is 19.4 Å². The second-order valence-electron chi connectivity index (χ2n) is 8.90. The topological polar surface area (TPSA) is 41.1 Å². The molecule has 0 saturated heterocycles. The lowest BCUT2D eigenvalue weighted by Gasteiger charge is -2.14. The van der Waals surface area contributed by atoms with Gasteiger partial charge in [-0.05, 0) is 42.9 Å². The molecule has 0 atom stereocenters. The second kappa shape index (κ2) is 17.6. The SMILES string of the molecule is C=C(CCc1ccc(CC)cc1)NCC(=C)NCc1ccc(C(C)=O)cc1.CCCCCCC. The van der Waals surface area contributed by atoms with Crippen LogP contribution in [0.5, 0.6) is 0 Å². The van der Waals surface area contributed by atoms with E-state index in [1.54, 1.807) is 6.92 Å². The standard InChI is InChI=1S/C24H30N2O.C7H16/c1-5-21-8-10-22(11-9-21)7-6-18(2)25-16-19(3)26-17-23-12-14-24(15-13-23)20(4)27;1-3-5-7-6-4-2/h8-15,25-26H,2-3,5-7,16-17H2,1,4H3;3-7H2,1-2H3. The van der Waals surface area contributed by atoms with Gasteiger partial charge in [0.15, 0.2) is 5.78 Å². The summed E-state index contributed by atoms with van der Waals surface area (Å²) in [5, 5.41) is 6.64. The minimum absolute atomic E-state index is 0.0861. The molecule has 186 valence electrons. The Morgan fingerprint density at radius 2 is 1.29 bits per heavy atom. The second-order valence-corrected chi connectivity index (χ2v) is 8.90. The minimum Gasteiger partial charge on any atom is -0.383 e. The van der Waals surface area contributed by atoms with Crippen molar-refractivity contribution in [2.75, 3.05) is 6.54 Å². The molecule has 0 saturated carbocycles. The van der Waals surface area contributed by atoms with Gasteiger partial charge in [0.2, 0.25) is 0 Å². The number of carbonyl (C=O) groups is 1. The third-order valence-electron chi connectivity index (χ3n) is 5.81. The summed E-state index contributed by atoms with van der Waals surface area (Å²) in [7, 11) is 0. The Hall–Kier alpha value is -2.81. The van der Waals surface area contributed by atoms with Crippen molar-refractivity contribution in [3.8, 4) is 0 Å². The zero-order chi connectivity index (χ0) is 25.2. The molecule has 0 bridgehead atoms. The molecule has 0 aliphatic heterocycles. The molecule has 3 heteroatoms. The van der Waals surface area contributed by atoms with Gasteiger partial charge in [0.25, 0.3) is 0 Å². The first-order chi connectivity index (χ1) is 16.4. The maximum Gasteiger partial charge on any atom is 0.159 e. The predicted molar refractivity (Wildman–Crippen MR) is 148 cm³/mol. The maximum absolute atomic E-state index is 11.3. The van der Waals surface area contributed by atoms with E-state index >= 15 is 0 Å². The number of unbranched alkanes of at least 4 members (excludes halogenated alkanes) is 4. The van der Waals surface area contributed by atoms with Crippen molar-refractivity contribution >= 4 is 5.78 Å². The summed E-state index contributed by atoms with van der Waals surface area (Å²) in [4.78, 5) is 11.3. The van der Waals surface area contributed by atoms with Crippen LogP contribution in [0.1, 0.15) is 93.3 Å². The number of ketones is 1. The van der Waals surface area contributed by atoms with E-state index in [1.807, 2.05) is 24.3 Å².